The van der Waals surface area contributed by atoms with E-state index < -0.39 is 24.6 Å². The average Bonchev–Trinajstić information content (AvgIpc) is 2.97. The average molecular weight is 483 g/mol. The Morgan fingerprint density at radius 3 is 2.52 bits per heavy atom. The van der Waals surface area contributed by atoms with Crippen molar-refractivity contribution < 1.29 is 23.9 Å². The molecule has 0 saturated heterocycles. The standard InChI is InChI=1S/C15H21Br2N3O5/c1-4-7-11(10-8-12(14(16)17)25-15(10)22)24-13(21)9-23-19-18-20(5-2)6-3/h8,11H,4-7,9H2,1-3H3. The molecule has 0 aromatic rings. The zero-order chi connectivity index (χ0) is 18.8. The highest BCUT2D eigenvalue weighted by molar-refractivity contribution is 9.28. The number of esters is 2. The molecule has 1 atom stereocenters. The molecule has 0 amide bonds. The van der Waals surface area contributed by atoms with Gasteiger partial charge < -0.3 is 14.3 Å². The summed E-state index contributed by atoms with van der Waals surface area (Å²) in [4.78, 5) is 28.7. The molecule has 0 fully saturated rings. The van der Waals surface area contributed by atoms with Gasteiger partial charge in [-0.15, -0.1) is 0 Å². The van der Waals surface area contributed by atoms with Crippen LogP contribution in [0.3, 0.4) is 0 Å². The summed E-state index contributed by atoms with van der Waals surface area (Å²) in [6.07, 6.45) is 2.04. The summed E-state index contributed by atoms with van der Waals surface area (Å²) in [5.41, 5.74) is 0.284. The second kappa shape index (κ2) is 11.2. The van der Waals surface area contributed by atoms with Gasteiger partial charge in [-0.25, -0.2) is 9.59 Å². The maximum Gasteiger partial charge on any atom is 0.347 e. The highest BCUT2D eigenvalue weighted by atomic mass is 79.9. The molecule has 0 N–H and O–H groups in total. The monoisotopic (exact) mass is 481 g/mol. The number of ether oxygens (including phenoxy) is 2. The Morgan fingerprint density at radius 2 is 2.00 bits per heavy atom. The quantitative estimate of drug-likeness (QED) is 0.267. The minimum atomic E-state index is -0.704. The Balaban J connectivity index is 2.63. The maximum absolute atomic E-state index is 12.0. The Hall–Kier alpha value is -1.42. The van der Waals surface area contributed by atoms with Crippen LogP contribution >= 0.6 is 31.9 Å². The lowest BCUT2D eigenvalue weighted by Crippen LogP contribution is -2.25. The minimum Gasteiger partial charge on any atom is -0.455 e. The van der Waals surface area contributed by atoms with Gasteiger partial charge in [0.05, 0.1) is 5.57 Å². The van der Waals surface area contributed by atoms with Gasteiger partial charge >= 0.3 is 11.9 Å². The molecule has 8 nitrogen and oxygen atoms in total. The maximum atomic E-state index is 12.0. The molecule has 0 aromatic carbocycles. The van der Waals surface area contributed by atoms with Gasteiger partial charge in [0.15, 0.2) is 5.76 Å². The fourth-order valence-electron chi connectivity index (χ4n) is 1.95. The summed E-state index contributed by atoms with van der Waals surface area (Å²) in [7, 11) is 0. The number of allylic oxidation sites excluding steroid dienone is 1. The zero-order valence-electron chi connectivity index (χ0n) is 14.3. The van der Waals surface area contributed by atoms with Crippen LogP contribution < -0.4 is 0 Å². The third-order valence-electron chi connectivity index (χ3n) is 3.22. The summed E-state index contributed by atoms with van der Waals surface area (Å²) in [6.45, 7) is 6.75. The van der Waals surface area contributed by atoms with Crippen molar-refractivity contribution in [1.82, 2.24) is 5.01 Å². The van der Waals surface area contributed by atoms with Crippen molar-refractivity contribution in [1.29, 1.82) is 0 Å². The number of carbonyl (C=O) groups is 2. The van der Waals surface area contributed by atoms with Gasteiger partial charge in [-0.3, -0.25) is 5.01 Å². The molecule has 1 heterocycles. The van der Waals surface area contributed by atoms with E-state index in [2.05, 4.69) is 42.4 Å². The number of carbonyl (C=O) groups excluding carboxylic acids is 2. The van der Waals surface area contributed by atoms with Crippen molar-refractivity contribution in [3.63, 3.8) is 0 Å². The van der Waals surface area contributed by atoms with Crippen molar-refractivity contribution in [2.24, 2.45) is 10.5 Å². The molecule has 1 aliphatic rings. The second-order valence-electron chi connectivity index (χ2n) is 4.96. The molecule has 10 heteroatoms. The largest absolute Gasteiger partial charge is 0.455 e. The SMILES string of the molecule is CCCC(OC(=O)CON=NN(CC)CC)C1=CC(=C(Br)Br)OC1=O. The molecule has 1 unspecified atom stereocenters. The first-order chi connectivity index (χ1) is 11.9. The number of cyclic esters (lactones) is 1. The van der Waals surface area contributed by atoms with Crippen molar-refractivity contribution in [3.8, 4) is 0 Å². The van der Waals surface area contributed by atoms with Gasteiger partial charge in [-0.05, 0) is 63.4 Å². The zero-order valence-corrected chi connectivity index (χ0v) is 17.5. The van der Waals surface area contributed by atoms with Crippen molar-refractivity contribution in [2.75, 3.05) is 19.7 Å². The van der Waals surface area contributed by atoms with Gasteiger partial charge in [-0.1, -0.05) is 13.3 Å². The van der Waals surface area contributed by atoms with E-state index >= 15 is 0 Å². The Morgan fingerprint density at radius 1 is 1.32 bits per heavy atom. The fourth-order valence-corrected chi connectivity index (χ4v) is 2.34. The number of nitrogens with zero attached hydrogens (tertiary/aromatic N) is 3. The highest BCUT2D eigenvalue weighted by Crippen LogP contribution is 2.30. The molecule has 0 saturated carbocycles. The lowest BCUT2D eigenvalue weighted by Gasteiger charge is -2.16. The summed E-state index contributed by atoms with van der Waals surface area (Å²) in [5, 5.41) is 8.93. The molecular formula is C15H21Br2N3O5. The Labute approximate surface area is 163 Å². The van der Waals surface area contributed by atoms with Crippen LogP contribution in [0.5, 0.6) is 0 Å². The summed E-state index contributed by atoms with van der Waals surface area (Å²) >= 11 is 6.36. The molecule has 0 spiro atoms. The molecule has 25 heavy (non-hydrogen) atoms. The first-order valence-electron chi connectivity index (χ1n) is 7.89. The summed E-state index contributed by atoms with van der Waals surface area (Å²) in [6, 6.07) is 0. The number of hydrogen-bond donors (Lipinski definition) is 0. The fraction of sp³-hybridized carbons (Fsp3) is 0.600. The van der Waals surface area contributed by atoms with Crippen LogP contribution in [0.25, 0.3) is 0 Å². The normalized spacial score (nSPS) is 15.0. The lowest BCUT2D eigenvalue weighted by molar-refractivity contribution is -0.154. The van der Waals surface area contributed by atoms with Gasteiger partial charge in [0.25, 0.3) is 0 Å². The molecule has 1 rings (SSSR count). The smallest absolute Gasteiger partial charge is 0.347 e. The van der Waals surface area contributed by atoms with Crippen LogP contribution in [0.2, 0.25) is 0 Å². The lowest BCUT2D eigenvalue weighted by atomic mass is 10.1. The number of rotatable bonds is 10. The Bertz CT molecular complexity index is 570. The van der Waals surface area contributed by atoms with Crippen molar-refractivity contribution in [3.05, 3.63) is 20.8 Å². The topological polar surface area (TPSA) is 89.8 Å². The molecule has 140 valence electrons. The summed E-state index contributed by atoms with van der Waals surface area (Å²) in [5.74, 6) is -0.845. The van der Waals surface area contributed by atoms with Gasteiger partial charge in [-0.2, -0.15) is 0 Å². The molecule has 0 radical (unpaired) electrons. The summed E-state index contributed by atoms with van der Waals surface area (Å²) < 4.78 is 10.9. The van der Waals surface area contributed by atoms with E-state index in [1.165, 1.54) is 6.08 Å². The van der Waals surface area contributed by atoms with E-state index in [1.807, 2.05) is 20.8 Å². The van der Waals surface area contributed by atoms with E-state index in [1.54, 1.807) is 5.01 Å². The molecule has 1 aliphatic heterocycles. The first-order valence-corrected chi connectivity index (χ1v) is 9.47. The minimum absolute atomic E-state index is 0.284. The van der Waals surface area contributed by atoms with Crippen LogP contribution in [0, 0.1) is 0 Å². The van der Waals surface area contributed by atoms with Crippen LogP contribution in [0.4, 0.5) is 0 Å². The van der Waals surface area contributed by atoms with Gasteiger partial charge in [0.1, 0.15) is 9.50 Å². The van der Waals surface area contributed by atoms with Crippen molar-refractivity contribution in [2.45, 2.75) is 39.7 Å². The predicted molar refractivity (Wildman–Crippen MR) is 97.6 cm³/mol. The number of hydrogen-bond acceptors (Lipinski definition) is 7. The van der Waals surface area contributed by atoms with E-state index in [0.29, 0.717) is 28.7 Å². The van der Waals surface area contributed by atoms with Crippen LogP contribution in [-0.2, 0) is 23.9 Å². The van der Waals surface area contributed by atoms with Crippen LogP contribution in [0.15, 0.2) is 31.3 Å². The first kappa shape index (κ1) is 21.6. The van der Waals surface area contributed by atoms with Crippen molar-refractivity contribution >= 4 is 43.8 Å². The van der Waals surface area contributed by atoms with Gasteiger partial charge in [0.2, 0.25) is 6.61 Å². The second-order valence-corrected chi connectivity index (χ2v) is 7.61. The predicted octanol–water partition coefficient (Wildman–Crippen LogP) is 3.78. The highest BCUT2D eigenvalue weighted by Gasteiger charge is 2.31. The van der Waals surface area contributed by atoms with E-state index in [-0.39, 0.29) is 5.57 Å². The molecule has 0 aliphatic carbocycles. The third kappa shape index (κ3) is 7.15. The van der Waals surface area contributed by atoms with E-state index in [0.717, 1.165) is 6.42 Å². The van der Waals surface area contributed by atoms with Crippen LogP contribution in [0.1, 0.15) is 33.6 Å². The Kier molecular flexibility index (Phi) is 9.73. The molecule has 0 aromatic heterocycles. The van der Waals surface area contributed by atoms with Gasteiger partial charge in [0, 0.05) is 18.4 Å². The van der Waals surface area contributed by atoms with E-state index in [4.69, 9.17) is 14.3 Å². The molecule has 0 bridgehead atoms. The van der Waals surface area contributed by atoms with E-state index in [9.17, 15) is 9.59 Å². The molecular weight excluding hydrogens is 462 g/mol. The number of halogens is 2. The van der Waals surface area contributed by atoms with Crippen LogP contribution in [-0.4, -0.2) is 42.7 Å². The third-order valence-corrected chi connectivity index (χ3v) is 4.00.